The highest BCUT2D eigenvalue weighted by atomic mass is 15.0. The first-order chi connectivity index (χ1) is 7.27. The summed E-state index contributed by atoms with van der Waals surface area (Å²) in [4.78, 5) is 4.38. The van der Waals surface area contributed by atoms with Gasteiger partial charge in [0.2, 0.25) is 0 Å². The lowest BCUT2D eigenvalue weighted by Gasteiger charge is -2.22. The third-order valence-electron chi connectivity index (χ3n) is 3.46. The molecule has 0 amide bonds. The van der Waals surface area contributed by atoms with Gasteiger partial charge in [-0.15, -0.1) is 0 Å². The van der Waals surface area contributed by atoms with Gasteiger partial charge in [-0.1, -0.05) is 19.4 Å². The Morgan fingerprint density at radius 1 is 1.40 bits per heavy atom. The molecule has 82 valence electrons. The van der Waals surface area contributed by atoms with Crippen LogP contribution in [-0.2, 0) is 0 Å². The highest BCUT2D eigenvalue weighted by Crippen LogP contribution is 2.26. The smallest absolute Gasteiger partial charge is 0.0570 e. The van der Waals surface area contributed by atoms with E-state index in [0.717, 1.165) is 11.6 Å². The van der Waals surface area contributed by atoms with Crippen LogP contribution in [0.4, 0.5) is 0 Å². The van der Waals surface area contributed by atoms with Crippen LogP contribution in [0.1, 0.15) is 44.8 Å². The van der Waals surface area contributed by atoms with Crippen molar-refractivity contribution in [2.75, 3.05) is 0 Å². The Kier molecular flexibility index (Phi) is 3.37. The summed E-state index contributed by atoms with van der Waals surface area (Å²) in [5, 5.41) is 3.68. The van der Waals surface area contributed by atoms with E-state index < -0.39 is 0 Å². The summed E-state index contributed by atoms with van der Waals surface area (Å²) in [5.41, 5.74) is 1.15. The van der Waals surface area contributed by atoms with Crippen LogP contribution in [0.5, 0.6) is 0 Å². The van der Waals surface area contributed by atoms with Crippen molar-refractivity contribution >= 4 is 0 Å². The molecular formula is C13H20N2. The van der Waals surface area contributed by atoms with Crippen molar-refractivity contribution in [2.24, 2.45) is 5.92 Å². The van der Waals surface area contributed by atoms with Crippen molar-refractivity contribution < 1.29 is 0 Å². The SMILES string of the molecule is CC(NC1CCCC1C)c1ccccn1. The molecule has 0 aliphatic heterocycles. The van der Waals surface area contributed by atoms with Gasteiger partial charge in [0.05, 0.1) is 5.69 Å². The quantitative estimate of drug-likeness (QED) is 0.819. The lowest BCUT2D eigenvalue weighted by atomic mass is 10.0. The largest absolute Gasteiger partial charge is 0.306 e. The van der Waals surface area contributed by atoms with Crippen LogP contribution in [0.25, 0.3) is 0 Å². The average molecular weight is 204 g/mol. The van der Waals surface area contributed by atoms with Crippen molar-refractivity contribution in [3.8, 4) is 0 Å². The highest BCUT2D eigenvalue weighted by Gasteiger charge is 2.24. The van der Waals surface area contributed by atoms with E-state index in [1.54, 1.807) is 0 Å². The fourth-order valence-corrected chi connectivity index (χ4v) is 2.43. The zero-order valence-electron chi connectivity index (χ0n) is 9.61. The summed E-state index contributed by atoms with van der Waals surface area (Å²) in [7, 11) is 0. The van der Waals surface area contributed by atoms with Gasteiger partial charge in [0.25, 0.3) is 0 Å². The molecule has 0 bridgehead atoms. The van der Waals surface area contributed by atoms with E-state index in [1.807, 2.05) is 12.3 Å². The number of hydrogen-bond donors (Lipinski definition) is 1. The van der Waals surface area contributed by atoms with Crippen LogP contribution in [0.15, 0.2) is 24.4 Å². The van der Waals surface area contributed by atoms with E-state index in [4.69, 9.17) is 0 Å². The standard InChI is InChI=1S/C13H20N2/c1-10-6-5-8-12(10)15-11(2)13-7-3-4-9-14-13/h3-4,7,9-12,15H,5-6,8H2,1-2H3. The Labute approximate surface area is 92.1 Å². The van der Waals surface area contributed by atoms with Crippen LogP contribution in [0, 0.1) is 5.92 Å². The van der Waals surface area contributed by atoms with Gasteiger partial charge >= 0.3 is 0 Å². The van der Waals surface area contributed by atoms with Gasteiger partial charge in [0.15, 0.2) is 0 Å². The Hall–Kier alpha value is -0.890. The van der Waals surface area contributed by atoms with Gasteiger partial charge in [-0.2, -0.15) is 0 Å². The van der Waals surface area contributed by atoms with E-state index in [2.05, 4.69) is 36.3 Å². The first kappa shape index (κ1) is 10.6. The molecule has 1 fully saturated rings. The molecule has 15 heavy (non-hydrogen) atoms. The molecule has 2 heteroatoms. The highest BCUT2D eigenvalue weighted by molar-refractivity contribution is 5.08. The van der Waals surface area contributed by atoms with Crippen LogP contribution in [0.2, 0.25) is 0 Å². The molecule has 1 N–H and O–H groups in total. The van der Waals surface area contributed by atoms with E-state index in [0.29, 0.717) is 12.1 Å². The normalized spacial score (nSPS) is 27.9. The summed E-state index contributed by atoms with van der Waals surface area (Å²) in [6.07, 6.45) is 5.92. The van der Waals surface area contributed by atoms with Crippen molar-refractivity contribution in [3.05, 3.63) is 30.1 Å². The fraction of sp³-hybridized carbons (Fsp3) is 0.615. The second kappa shape index (κ2) is 4.75. The Morgan fingerprint density at radius 2 is 2.27 bits per heavy atom. The maximum absolute atomic E-state index is 4.38. The number of nitrogens with one attached hydrogen (secondary N) is 1. The number of hydrogen-bond acceptors (Lipinski definition) is 2. The lowest BCUT2D eigenvalue weighted by molar-refractivity contribution is 0.385. The van der Waals surface area contributed by atoms with E-state index in [-0.39, 0.29) is 0 Å². The van der Waals surface area contributed by atoms with Crippen LogP contribution >= 0.6 is 0 Å². The summed E-state index contributed by atoms with van der Waals surface area (Å²) in [6, 6.07) is 7.17. The average Bonchev–Trinajstić information content (AvgIpc) is 2.66. The first-order valence-electron chi connectivity index (χ1n) is 5.94. The predicted molar refractivity (Wildman–Crippen MR) is 62.6 cm³/mol. The fourth-order valence-electron chi connectivity index (χ4n) is 2.43. The number of pyridine rings is 1. The molecular weight excluding hydrogens is 184 g/mol. The summed E-state index contributed by atoms with van der Waals surface area (Å²) >= 11 is 0. The van der Waals surface area contributed by atoms with Crippen molar-refractivity contribution in [3.63, 3.8) is 0 Å². The molecule has 1 aromatic rings. The third-order valence-corrected chi connectivity index (χ3v) is 3.46. The molecule has 1 aliphatic rings. The van der Waals surface area contributed by atoms with E-state index >= 15 is 0 Å². The molecule has 0 radical (unpaired) electrons. The molecule has 3 atom stereocenters. The first-order valence-corrected chi connectivity index (χ1v) is 5.94. The van der Waals surface area contributed by atoms with Crippen molar-refractivity contribution in [1.29, 1.82) is 0 Å². The molecule has 0 saturated heterocycles. The molecule has 2 nitrogen and oxygen atoms in total. The minimum atomic E-state index is 0.372. The van der Waals surface area contributed by atoms with Crippen LogP contribution in [0.3, 0.4) is 0 Å². The van der Waals surface area contributed by atoms with E-state index in [9.17, 15) is 0 Å². The van der Waals surface area contributed by atoms with Gasteiger partial charge in [-0.25, -0.2) is 0 Å². The van der Waals surface area contributed by atoms with E-state index in [1.165, 1.54) is 19.3 Å². The van der Waals surface area contributed by atoms with Crippen LogP contribution < -0.4 is 5.32 Å². The topological polar surface area (TPSA) is 24.9 Å². The van der Waals surface area contributed by atoms with Gasteiger partial charge < -0.3 is 5.32 Å². The Bertz CT molecular complexity index is 297. The van der Waals surface area contributed by atoms with Gasteiger partial charge in [0, 0.05) is 18.3 Å². The van der Waals surface area contributed by atoms with Gasteiger partial charge in [-0.05, 0) is 37.8 Å². The minimum absolute atomic E-state index is 0.372. The summed E-state index contributed by atoms with van der Waals surface area (Å²) < 4.78 is 0. The van der Waals surface area contributed by atoms with Gasteiger partial charge in [0.1, 0.15) is 0 Å². The molecule has 1 aliphatic carbocycles. The maximum atomic E-state index is 4.38. The zero-order valence-corrected chi connectivity index (χ0v) is 9.61. The molecule has 1 aromatic heterocycles. The monoisotopic (exact) mass is 204 g/mol. The van der Waals surface area contributed by atoms with Crippen LogP contribution in [-0.4, -0.2) is 11.0 Å². The predicted octanol–water partition coefficient (Wildman–Crippen LogP) is 2.92. The minimum Gasteiger partial charge on any atom is -0.306 e. The summed E-state index contributed by atoms with van der Waals surface area (Å²) in [5.74, 6) is 0.816. The molecule has 3 unspecified atom stereocenters. The van der Waals surface area contributed by atoms with Crippen molar-refractivity contribution in [1.82, 2.24) is 10.3 Å². The van der Waals surface area contributed by atoms with Crippen molar-refractivity contribution in [2.45, 2.75) is 45.2 Å². The number of aromatic nitrogens is 1. The lowest BCUT2D eigenvalue weighted by Crippen LogP contribution is -2.33. The third kappa shape index (κ3) is 2.57. The Balaban J connectivity index is 1.95. The second-order valence-corrected chi connectivity index (χ2v) is 4.66. The number of rotatable bonds is 3. The second-order valence-electron chi connectivity index (χ2n) is 4.66. The molecule has 2 rings (SSSR count). The summed E-state index contributed by atoms with van der Waals surface area (Å²) in [6.45, 7) is 4.54. The Morgan fingerprint density at radius 3 is 2.87 bits per heavy atom. The maximum Gasteiger partial charge on any atom is 0.0570 e. The number of nitrogens with zero attached hydrogens (tertiary/aromatic N) is 1. The zero-order chi connectivity index (χ0) is 10.7. The molecule has 0 aromatic carbocycles. The molecule has 0 spiro atoms. The van der Waals surface area contributed by atoms with Gasteiger partial charge in [-0.3, -0.25) is 4.98 Å². The molecule has 1 heterocycles. The molecule has 1 saturated carbocycles.